The van der Waals surface area contributed by atoms with E-state index < -0.39 is 6.67 Å². The summed E-state index contributed by atoms with van der Waals surface area (Å²) in [6.07, 6.45) is 0. The molecule has 0 bridgehead atoms. The second-order valence-electron chi connectivity index (χ2n) is 3.83. The van der Waals surface area contributed by atoms with Crippen LogP contribution in [0, 0.1) is 0 Å². The van der Waals surface area contributed by atoms with Gasteiger partial charge in [-0.05, 0) is 13.1 Å². The van der Waals surface area contributed by atoms with Crippen molar-refractivity contribution in [2.45, 2.75) is 13.1 Å². The third-order valence-corrected chi connectivity index (χ3v) is 2.59. The molecule has 2 aromatic rings. The van der Waals surface area contributed by atoms with Gasteiger partial charge in [0.05, 0.1) is 17.9 Å². The van der Waals surface area contributed by atoms with Crippen LogP contribution in [-0.4, -0.2) is 23.5 Å². The summed E-state index contributed by atoms with van der Waals surface area (Å²) < 4.78 is 14.2. The first-order valence-corrected chi connectivity index (χ1v) is 5.68. The quantitative estimate of drug-likeness (QED) is 0.858. The maximum Gasteiger partial charge on any atom is 0.109 e. The molecule has 0 aliphatic rings. The lowest BCUT2D eigenvalue weighted by molar-refractivity contribution is 0.419. The molecular formula is C13H16FN3. The third kappa shape index (κ3) is 2.71. The van der Waals surface area contributed by atoms with Crippen molar-refractivity contribution in [3.63, 3.8) is 0 Å². The highest BCUT2D eigenvalue weighted by molar-refractivity contribution is 5.59. The molecule has 1 aromatic heterocycles. The van der Waals surface area contributed by atoms with E-state index in [4.69, 9.17) is 0 Å². The number of alkyl halides is 1. The van der Waals surface area contributed by atoms with Gasteiger partial charge in [-0.1, -0.05) is 30.3 Å². The number of nitrogens with one attached hydrogen (secondary N) is 1. The Kier molecular flexibility index (Phi) is 3.88. The van der Waals surface area contributed by atoms with Gasteiger partial charge in [0, 0.05) is 12.1 Å². The van der Waals surface area contributed by atoms with Crippen molar-refractivity contribution in [3.8, 4) is 11.3 Å². The molecule has 2 rings (SSSR count). The Balaban J connectivity index is 2.33. The normalized spacial score (nSPS) is 10.7. The first kappa shape index (κ1) is 11.8. The number of hydrogen-bond acceptors (Lipinski definition) is 2. The smallest absolute Gasteiger partial charge is 0.109 e. The van der Waals surface area contributed by atoms with Crippen LogP contribution in [0.1, 0.15) is 5.69 Å². The largest absolute Gasteiger partial charge is 0.314 e. The van der Waals surface area contributed by atoms with E-state index in [0.29, 0.717) is 13.1 Å². The monoisotopic (exact) mass is 233 g/mol. The molecular weight excluding hydrogens is 217 g/mol. The summed E-state index contributed by atoms with van der Waals surface area (Å²) in [6, 6.07) is 11.9. The molecule has 0 unspecified atom stereocenters. The van der Waals surface area contributed by atoms with Crippen molar-refractivity contribution in [3.05, 3.63) is 42.1 Å². The van der Waals surface area contributed by atoms with Crippen LogP contribution in [0.2, 0.25) is 0 Å². The summed E-state index contributed by atoms with van der Waals surface area (Å²) in [4.78, 5) is 0. The Morgan fingerprint density at radius 1 is 1.29 bits per heavy atom. The minimum atomic E-state index is -0.396. The summed E-state index contributed by atoms with van der Waals surface area (Å²) in [5.74, 6) is 0. The molecule has 1 N–H and O–H groups in total. The molecule has 0 amide bonds. The van der Waals surface area contributed by atoms with Crippen LogP contribution in [0.3, 0.4) is 0 Å². The van der Waals surface area contributed by atoms with Crippen molar-refractivity contribution in [2.75, 3.05) is 13.7 Å². The molecule has 0 saturated carbocycles. The van der Waals surface area contributed by atoms with Gasteiger partial charge in [0.2, 0.25) is 0 Å². The topological polar surface area (TPSA) is 29.9 Å². The molecule has 4 heteroatoms. The number of benzene rings is 1. The third-order valence-electron chi connectivity index (χ3n) is 2.59. The summed E-state index contributed by atoms with van der Waals surface area (Å²) in [5.41, 5.74) is 2.95. The molecule has 0 radical (unpaired) electrons. The van der Waals surface area contributed by atoms with E-state index in [-0.39, 0.29) is 0 Å². The lowest BCUT2D eigenvalue weighted by Crippen LogP contribution is -2.13. The van der Waals surface area contributed by atoms with Crippen LogP contribution >= 0.6 is 0 Å². The average molecular weight is 233 g/mol. The molecule has 0 saturated heterocycles. The highest BCUT2D eigenvalue weighted by atomic mass is 19.1. The van der Waals surface area contributed by atoms with Crippen molar-refractivity contribution in [1.82, 2.24) is 15.1 Å². The fourth-order valence-corrected chi connectivity index (χ4v) is 1.80. The van der Waals surface area contributed by atoms with Crippen LogP contribution in [0.5, 0.6) is 0 Å². The van der Waals surface area contributed by atoms with E-state index in [1.165, 1.54) is 0 Å². The fourth-order valence-electron chi connectivity index (χ4n) is 1.80. The van der Waals surface area contributed by atoms with Crippen molar-refractivity contribution in [2.24, 2.45) is 0 Å². The van der Waals surface area contributed by atoms with Crippen molar-refractivity contribution in [1.29, 1.82) is 0 Å². The molecule has 0 fully saturated rings. The Hall–Kier alpha value is -1.68. The molecule has 1 aromatic carbocycles. The SMILES string of the molecule is CNCc1cc(-c2ccccc2)nn1CCF. The molecule has 0 aliphatic heterocycles. The van der Waals surface area contributed by atoms with E-state index in [0.717, 1.165) is 17.0 Å². The van der Waals surface area contributed by atoms with Gasteiger partial charge < -0.3 is 5.32 Å². The van der Waals surface area contributed by atoms with E-state index in [1.807, 2.05) is 43.4 Å². The lowest BCUT2D eigenvalue weighted by atomic mass is 10.1. The van der Waals surface area contributed by atoms with Gasteiger partial charge in [-0.2, -0.15) is 5.10 Å². The van der Waals surface area contributed by atoms with Gasteiger partial charge in [0.25, 0.3) is 0 Å². The molecule has 0 aliphatic carbocycles. The van der Waals surface area contributed by atoms with Gasteiger partial charge in [-0.3, -0.25) is 4.68 Å². The molecule has 90 valence electrons. The van der Waals surface area contributed by atoms with Gasteiger partial charge in [0.15, 0.2) is 0 Å². The second-order valence-corrected chi connectivity index (χ2v) is 3.83. The minimum absolute atomic E-state index is 0.309. The summed E-state index contributed by atoms with van der Waals surface area (Å²) in [6.45, 7) is 0.607. The molecule has 3 nitrogen and oxygen atoms in total. The average Bonchev–Trinajstić information content (AvgIpc) is 2.75. The Bertz CT molecular complexity index is 441. The summed E-state index contributed by atoms with van der Waals surface area (Å²) in [7, 11) is 1.87. The Morgan fingerprint density at radius 2 is 2.06 bits per heavy atom. The van der Waals surface area contributed by atoms with Crippen LogP contribution in [0.4, 0.5) is 4.39 Å². The fraction of sp³-hybridized carbons (Fsp3) is 0.308. The van der Waals surface area contributed by atoms with Crippen LogP contribution in [0.25, 0.3) is 11.3 Å². The number of aromatic nitrogens is 2. The Morgan fingerprint density at radius 3 is 2.71 bits per heavy atom. The van der Waals surface area contributed by atoms with E-state index >= 15 is 0 Å². The van der Waals surface area contributed by atoms with Gasteiger partial charge >= 0.3 is 0 Å². The number of rotatable bonds is 5. The summed E-state index contributed by atoms with van der Waals surface area (Å²) in [5, 5.41) is 7.49. The first-order chi connectivity index (χ1) is 8.35. The van der Waals surface area contributed by atoms with E-state index in [1.54, 1.807) is 4.68 Å². The Labute approximate surface area is 100 Å². The predicted octanol–water partition coefficient (Wildman–Crippen LogP) is 2.24. The van der Waals surface area contributed by atoms with Crippen LogP contribution in [-0.2, 0) is 13.1 Å². The van der Waals surface area contributed by atoms with Gasteiger partial charge in [-0.15, -0.1) is 0 Å². The van der Waals surface area contributed by atoms with Gasteiger partial charge in [-0.25, -0.2) is 4.39 Å². The standard InChI is InChI=1S/C13H16FN3/c1-15-10-12-9-13(16-17(12)8-7-14)11-5-3-2-4-6-11/h2-6,9,15H,7-8,10H2,1H3. The molecule has 1 heterocycles. The molecule has 17 heavy (non-hydrogen) atoms. The van der Waals surface area contributed by atoms with Crippen LogP contribution in [0.15, 0.2) is 36.4 Å². The number of nitrogens with zero attached hydrogens (tertiary/aromatic N) is 2. The minimum Gasteiger partial charge on any atom is -0.314 e. The molecule has 0 spiro atoms. The number of hydrogen-bond donors (Lipinski definition) is 1. The molecule has 0 atom stereocenters. The highest BCUT2D eigenvalue weighted by Gasteiger charge is 2.08. The highest BCUT2D eigenvalue weighted by Crippen LogP contribution is 2.18. The zero-order valence-corrected chi connectivity index (χ0v) is 9.86. The van der Waals surface area contributed by atoms with Crippen molar-refractivity contribution >= 4 is 0 Å². The van der Waals surface area contributed by atoms with E-state index in [2.05, 4.69) is 10.4 Å². The van der Waals surface area contributed by atoms with E-state index in [9.17, 15) is 4.39 Å². The lowest BCUT2D eigenvalue weighted by Gasteiger charge is -2.03. The maximum absolute atomic E-state index is 12.4. The summed E-state index contributed by atoms with van der Waals surface area (Å²) >= 11 is 0. The number of halogens is 1. The first-order valence-electron chi connectivity index (χ1n) is 5.68. The zero-order valence-electron chi connectivity index (χ0n) is 9.86. The van der Waals surface area contributed by atoms with Gasteiger partial charge in [0.1, 0.15) is 6.67 Å². The second kappa shape index (κ2) is 5.59. The van der Waals surface area contributed by atoms with Crippen molar-refractivity contribution < 1.29 is 4.39 Å². The predicted molar refractivity (Wildman–Crippen MR) is 66.4 cm³/mol. The number of aryl methyl sites for hydroxylation is 1. The maximum atomic E-state index is 12.4. The van der Waals surface area contributed by atoms with Crippen LogP contribution < -0.4 is 5.32 Å². The zero-order chi connectivity index (χ0) is 12.1.